The number of aryl methyl sites for hydroxylation is 1. The van der Waals surface area contributed by atoms with Crippen molar-refractivity contribution in [3.05, 3.63) is 81.1 Å². The number of piperidine rings is 1. The highest BCUT2D eigenvalue weighted by molar-refractivity contribution is 6.31. The van der Waals surface area contributed by atoms with E-state index in [2.05, 4.69) is 37.7 Å². The number of aromatic amines is 1. The van der Waals surface area contributed by atoms with E-state index in [9.17, 15) is 4.79 Å². The van der Waals surface area contributed by atoms with Gasteiger partial charge in [0.2, 0.25) is 0 Å². The van der Waals surface area contributed by atoms with Gasteiger partial charge in [0.05, 0.1) is 22.9 Å². The predicted molar refractivity (Wildman–Crippen MR) is 177 cm³/mol. The van der Waals surface area contributed by atoms with E-state index >= 15 is 4.39 Å². The number of aliphatic imine (C=N–C) groups is 1. The molecule has 0 radical (unpaired) electrons. The van der Waals surface area contributed by atoms with E-state index in [4.69, 9.17) is 17.3 Å². The molecular weight excluding hydrogens is 577 g/mol. The van der Waals surface area contributed by atoms with Gasteiger partial charge in [-0.05, 0) is 93.3 Å². The molecule has 6 rings (SSSR count). The molecular formula is C34H41ClFN7O. The highest BCUT2D eigenvalue weighted by Crippen LogP contribution is 2.32. The number of nitrogens with one attached hydrogen (secondary N) is 3. The Bertz CT molecular complexity index is 1690. The third kappa shape index (κ3) is 7.12. The summed E-state index contributed by atoms with van der Waals surface area (Å²) in [6, 6.07) is 14.3. The number of hydrogen-bond donors (Lipinski definition) is 4. The lowest BCUT2D eigenvalue weighted by Crippen LogP contribution is -2.38. The highest BCUT2D eigenvalue weighted by atomic mass is 35.5. The van der Waals surface area contributed by atoms with Gasteiger partial charge in [-0.1, -0.05) is 30.2 Å². The fraction of sp³-hybridized carbons (Fsp3) is 0.441. The monoisotopic (exact) mass is 617 g/mol. The Hall–Kier alpha value is -3.37. The van der Waals surface area contributed by atoms with Crippen molar-refractivity contribution >= 4 is 28.3 Å². The molecule has 0 amide bonds. The Morgan fingerprint density at radius 3 is 2.77 bits per heavy atom. The Labute approximate surface area is 262 Å². The maximum absolute atomic E-state index is 15.1. The summed E-state index contributed by atoms with van der Waals surface area (Å²) in [5, 5.41) is 8.03. The number of hydrogen-bond acceptors (Lipinski definition) is 6. The second-order valence-electron chi connectivity index (χ2n) is 12.3. The summed E-state index contributed by atoms with van der Waals surface area (Å²) in [5.74, 6) is -0.502. The van der Waals surface area contributed by atoms with Crippen molar-refractivity contribution in [1.29, 1.82) is 0 Å². The van der Waals surface area contributed by atoms with Crippen LogP contribution in [0.1, 0.15) is 69.0 Å². The number of H-pyrrole nitrogens is 1. The smallest absolute Gasteiger partial charge is 0.339 e. The Morgan fingerprint density at radius 1 is 1.16 bits per heavy atom. The van der Waals surface area contributed by atoms with Gasteiger partial charge in [-0.3, -0.25) is 9.56 Å². The topological polar surface area (TPSA) is 113 Å². The first-order valence-corrected chi connectivity index (χ1v) is 16.2. The van der Waals surface area contributed by atoms with E-state index in [0.717, 1.165) is 69.4 Å². The van der Waals surface area contributed by atoms with Gasteiger partial charge in [0.25, 0.3) is 0 Å². The van der Waals surface area contributed by atoms with Crippen LogP contribution in [0.15, 0.2) is 58.4 Å². The molecule has 44 heavy (non-hydrogen) atoms. The maximum atomic E-state index is 15.1. The van der Waals surface area contributed by atoms with Gasteiger partial charge in [0.1, 0.15) is 5.65 Å². The van der Waals surface area contributed by atoms with Crippen molar-refractivity contribution in [2.45, 2.75) is 76.4 Å². The zero-order valence-electron chi connectivity index (χ0n) is 25.2. The molecule has 10 heteroatoms. The standard InChI is InChI=1S/C34H41ClFN7O/c1-21(37)4-2-5-22-16-28(32(36)29(35)17-22)31-18-24-20-43(34(44)42-33(24)41-31)27-12-8-23(9-13-27)30-7-3-6-25(40-30)10-11-26-19-38-14-15-39-26/h8-9,12-13,16-18,20-21,25,30,38,40H,2-7,10-11,14-15,19,37H2,1H3,(H,41,42,44). The molecule has 0 bridgehead atoms. The lowest BCUT2D eigenvalue weighted by Gasteiger charge is -2.32. The van der Waals surface area contributed by atoms with Gasteiger partial charge in [-0.15, -0.1) is 0 Å². The molecule has 3 atom stereocenters. The van der Waals surface area contributed by atoms with Crippen LogP contribution in [0.2, 0.25) is 5.02 Å². The lowest BCUT2D eigenvalue weighted by atomic mass is 9.91. The average Bonchev–Trinajstić information content (AvgIpc) is 3.44. The zero-order chi connectivity index (χ0) is 30.6. The van der Waals surface area contributed by atoms with Gasteiger partial charge < -0.3 is 21.4 Å². The minimum Gasteiger partial charge on any atom is -0.339 e. The molecule has 4 aromatic rings. The molecule has 0 spiro atoms. The van der Waals surface area contributed by atoms with Crippen LogP contribution in [0.5, 0.6) is 0 Å². The molecule has 5 N–H and O–H groups in total. The normalized spacial score (nSPS) is 19.7. The summed E-state index contributed by atoms with van der Waals surface area (Å²) >= 11 is 6.27. The summed E-state index contributed by atoms with van der Waals surface area (Å²) in [7, 11) is 0. The van der Waals surface area contributed by atoms with Gasteiger partial charge in [0.15, 0.2) is 5.82 Å². The minimum atomic E-state index is -0.502. The van der Waals surface area contributed by atoms with E-state index < -0.39 is 11.5 Å². The van der Waals surface area contributed by atoms with Crippen molar-refractivity contribution in [3.8, 4) is 16.9 Å². The van der Waals surface area contributed by atoms with Crippen LogP contribution < -0.4 is 22.1 Å². The quantitative estimate of drug-likeness (QED) is 0.178. The molecule has 0 aliphatic carbocycles. The third-order valence-electron chi connectivity index (χ3n) is 8.80. The Morgan fingerprint density at radius 2 is 2.00 bits per heavy atom. The Balaban J connectivity index is 1.18. The molecule has 2 aromatic carbocycles. The van der Waals surface area contributed by atoms with Gasteiger partial charge in [-0.25, -0.2) is 9.18 Å². The SMILES string of the molecule is CC(N)CCCc1cc(Cl)c(F)c(-c2cc3cn(-c4ccc(C5CCCC(CCC6=NCCNC6)N5)cc4)c(=O)nc3[nH]2)c1. The van der Waals surface area contributed by atoms with Crippen molar-refractivity contribution < 1.29 is 4.39 Å². The molecule has 2 aliphatic rings. The van der Waals surface area contributed by atoms with Crippen LogP contribution in [-0.4, -0.2) is 52.0 Å². The number of benzene rings is 2. The fourth-order valence-electron chi connectivity index (χ4n) is 6.41. The minimum absolute atomic E-state index is 0.0688. The molecule has 1 fully saturated rings. The summed E-state index contributed by atoms with van der Waals surface area (Å²) < 4.78 is 16.7. The van der Waals surface area contributed by atoms with Crippen LogP contribution in [-0.2, 0) is 6.42 Å². The van der Waals surface area contributed by atoms with Crippen molar-refractivity contribution in [1.82, 2.24) is 25.2 Å². The zero-order valence-corrected chi connectivity index (χ0v) is 26.0. The second kappa shape index (κ2) is 13.7. The fourth-order valence-corrected chi connectivity index (χ4v) is 6.65. The number of rotatable bonds is 10. The van der Waals surface area contributed by atoms with Crippen LogP contribution in [0, 0.1) is 5.82 Å². The molecule has 3 unspecified atom stereocenters. The molecule has 1 saturated heterocycles. The first-order chi connectivity index (χ1) is 21.3. The van der Waals surface area contributed by atoms with Crippen LogP contribution in [0.4, 0.5) is 4.39 Å². The number of halogens is 2. The summed E-state index contributed by atoms with van der Waals surface area (Å²) in [4.78, 5) is 25.1. The summed E-state index contributed by atoms with van der Waals surface area (Å²) in [5.41, 5.74) is 10.9. The maximum Gasteiger partial charge on any atom is 0.354 e. The number of nitrogens with zero attached hydrogens (tertiary/aromatic N) is 3. The molecule has 232 valence electrons. The third-order valence-corrected chi connectivity index (χ3v) is 9.08. The van der Waals surface area contributed by atoms with E-state index in [1.54, 1.807) is 12.3 Å². The number of fused-ring (bicyclic) bond motifs is 1. The molecule has 2 aromatic heterocycles. The molecule has 0 saturated carbocycles. The first-order valence-electron chi connectivity index (χ1n) is 15.8. The number of aromatic nitrogens is 3. The highest BCUT2D eigenvalue weighted by Gasteiger charge is 2.23. The molecule has 8 nitrogen and oxygen atoms in total. The Kier molecular flexibility index (Phi) is 9.56. The van der Waals surface area contributed by atoms with E-state index in [-0.39, 0.29) is 17.1 Å². The van der Waals surface area contributed by atoms with Crippen molar-refractivity contribution in [2.75, 3.05) is 19.6 Å². The van der Waals surface area contributed by atoms with E-state index in [1.165, 1.54) is 28.7 Å². The van der Waals surface area contributed by atoms with Crippen LogP contribution in [0.25, 0.3) is 28.0 Å². The van der Waals surface area contributed by atoms with Gasteiger partial charge >= 0.3 is 5.69 Å². The van der Waals surface area contributed by atoms with Crippen molar-refractivity contribution in [2.24, 2.45) is 10.7 Å². The first kappa shape index (κ1) is 30.6. The average molecular weight is 618 g/mol. The van der Waals surface area contributed by atoms with Gasteiger partial charge in [-0.2, -0.15) is 4.98 Å². The largest absolute Gasteiger partial charge is 0.354 e. The molecule has 2 aliphatic heterocycles. The second-order valence-corrected chi connectivity index (χ2v) is 12.7. The van der Waals surface area contributed by atoms with Gasteiger partial charge in [0, 0.05) is 54.1 Å². The van der Waals surface area contributed by atoms with Crippen LogP contribution >= 0.6 is 11.6 Å². The van der Waals surface area contributed by atoms with E-state index in [1.807, 2.05) is 31.2 Å². The predicted octanol–water partition coefficient (Wildman–Crippen LogP) is 5.85. The number of nitrogens with two attached hydrogens (primary N) is 1. The summed E-state index contributed by atoms with van der Waals surface area (Å²) in [6.45, 7) is 4.75. The molecule has 4 heterocycles. The van der Waals surface area contributed by atoms with E-state index in [0.29, 0.717) is 28.3 Å². The van der Waals surface area contributed by atoms with Crippen LogP contribution in [0.3, 0.4) is 0 Å². The van der Waals surface area contributed by atoms with Crippen molar-refractivity contribution in [3.63, 3.8) is 0 Å². The summed E-state index contributed by atoms with van der Waals surface area (Å²) in [6.07, 6.45) is 9.86. The lowest BCUT2D eigenvalue weighted by molar-refractivity contribution is 0.314.